The van der Waals surface area contributed by atoms with Crippen LogP contribution in [-0.4, -0.2) is 48.6 Å². The number of carbonyl (C=O) groups is 2. The van der Waals surface area contributed by atoms with Crippen LogP contribution < -0.4 is 0 Å². The summed E-state index contributed by atoms with van der Waals surface area (Å²) in [4.78, 5) is 23.5. The molecule has 25 heavy (non-hydrogen) atoms. The Labute approximate surface area is 149 Å². The van der Waals surface area contributed by atoms with Crippen molar-refractivity contribution in [1.29, 1.82) is 0 Å². The quantitative estimate of drug-likeness (QED) is 0.764. The summed E-state index contributed by atoms with van der Waals surface area (Å²) in [6.45, 7) is 7.67. The smallest absolute Gasteiger partial charge is 0.309 e. The van der Waals surface area contributed by atoms with Crippen molar-refractivity contribution in [3.05, 3.63) is 0 Å². The molecule has 1 aliphatic carbocycles. The number of aliphatic carboxylic acids is 1. The minimum atomic E-state index is -0.761. The fraction of sp³-hybridized carbons (Fsp3) is 0.895. The van der Waals surface area contributed by atoms with Crippen LogP contribution in [-0.2, 0) is 23.8 Å². The van der Waals surface area contributed by atoms with Gasteiger partial charge in [0.05, 0.1) is 31.2 Å². The fourth-order valence-corrected chi connectivity index (χ4v) is 4.32. The first-order valence-corrected chi connectivity index (χ1v) is 9.50. The number of hydrogen-bond acceptors (Lipinski definition) is 5. The first-order valence-electron chi connectivity index (χ1n) is 9.50. The Morgan fingerprint density at radius 1 is 1.04 bits per heavy atom. The van der Waals surface area contributed by atoms with E-state index in [2.05, 4.69) is 20.8 Å². The Morgan fingerprint density at radius 3 is 2.24 bits per heavy atom. The second-order valence-corrected chi connectivity index (χ2v) is 8.41. The Balaban J connectivity index is 1.53. The molecule has 0 aromatic rings. The molecule has 1 N–H and O–H groups in total. The Kier molecular flexibility index (Phi) is 5.40. The summed E-state index contributed by atoms with van der Waals surface area (Å²) >= 11 is 0. The lowest BCUT2D eigenvalue weighted by molar-refractivity contribution is -0.161. The third kappa shape index (κ3) is 3.70. The molecule has 3 fully saturated rings. The topological polar surface area (TPSA) is 82.1 Å². The number of ether oxygens (including phenoxy) is 3. The molecule has 2 heterocycles. The van der Waals surface area contributed by atoms with Gasteiger partial charge < -0.3 is 19.3 Å². The fourth-order valence-electron chi connectivity index (χ4n) is 4.32. The zero-order valence-electron chi connectivity index (χ0n) is 15.4. The van der Waals surface area contributed by atoms with Crippen molar-refractivity contribution in [3.63, 3.8) is 0 Å². The van der Waals surface area contributed by atoms with E-state index in [1.54, 1.807) is 0 Å². The SMILES string of the molecule is CCC(C)(C)C1COC2C(OC(=O)C3CCC(C(=O)O)CC3)COC21. The van der Waals surface area contributed by atoms with Crippen molar-refractivity contribution in [3.8, 4) is 0 Å². The second kappa shape index (κ2) is 7.23. The van der Waals surface area contributed by atoms with Crippen LogP contribution in [0.4, 0.5) is 0 Å². The van der Waals surface area contributed by atoms with Gasteiger partial charge in [0.25, 0.3) is 0 Å². The number of esters is 1. The minimum Gasteiger partial charge on any atom is -0.481 e. The van der Waals surface area contributed by atoms with Crippen molar-refractivity contribution in [2.75, 3.05) is 13.2 Å². The van der Waals surface area contributed by atoms with Crippen LogP contribution in [0.25, 0.3) is 0 Å². The zero-order chi connectivity index (χ0) is 18.2. The van der Waals surface area contributed by atoms with Gasteiger partial charge in [0.15, 0.2) is 6.10 Å². The van der Waals surface area contributed by atoms with Crippen LogP contribution in [0, 0.1) is 23.2 Å². The molecule has 4 atom stereocenters. The third-order valence-electron chi connectivity index (χ3n) is 6.60. The molecule has 3 rings (SSSR count). The summed E-state index contributed by atoms with van der Waals surface area (Å²) in [5, 5.41) is 9.06. The van der Waals surface area contributed by atoms with Crippen molar-refractivity contribution in [1.82, 2.24) is 0 Å². The van der Waals surface area contributed by atoms with Gasteiger partial charge in [-0.1, -0.05) is 27.2 Å². The molecule has 2 saturated heterocycles. The molecule has 1 saturated carbocycles. The van der Waals surface area contributed by atoms with E-state index in [1.165, 1.54) is 0 Å². The molecule has 3 aliphatic rings. The number of fused-ring (bicyclic) bond motifs is 1. The first kappa shape index (κ1) is 18.6. The van der Waals surface area contributed by atoms with Gasteiger partial charge in [-0.25, -0.2) is 0 Å². The van der Waals surface area contributed by atoms with E-state index in [-0.39, 0.29) is 41.5 Å². The molecular weight excluding hydrogens is 324 g/mol. The molecule has 0 spiro atoms. The largest absolute Gasteiger partial charge is 0.481 e. The molecule has 0 amide bonds. The zero-order valence-corrected chi connectivity index (χ0v) is 15.4. The summed E-state index contributed by atoms with van der Waals surface area (Å²) in [7, 11) is 0. The van der Waals surface area contributed by atoms with Crippen LogP contribution in [0.2, 0.25) is 0 Å². The molecule has 0 radical (unpaired) electrons. The van der Waals surface area contributed by atoms with Crippen LogP contribution in [0.3, 0.4) is 0 Å². The van der Waals surface area contributed by atoms with Crippen molar-refractivity contribution < 1.29 is 28.9 Å². The van der Waals surface area contributed by atoms with Gasteiger partial charge >= 0.3 is 11.9 Å². The maximum absolute atomic E-state index is 12.5. The van der Waals surface area contributed by atoms with Crippen molar-refractivity contribution >= 4 is 11.9 Å². The number of carbonyl (C=O) groups excluding carboxylic acids is 1. The number of hydrogen-bond donors (Lipinski definition) is 1. The lowest BCUT2D eigenvalue weighted by Crippen LogP contribution is -2.38. The molecule has 4 unspecified atom stereocenters. The number of carboxylic acids is 1. The van der Waals surface area contributed by atoms with Gasteiger partial charge in [-0.15, -0.1) is 0 Å². The van der Waals surface area contributed by atoms with Gasteiger partial charge in [0, 0.05) is 5.92 Å². The van der Waals surface area contributed by atoms with Crippen LogP contribution in [0.15, 0.2) is 0 Å². The minimum absolute atomic E-state index is 0.00417. The normalized spacial score (nSPS) is 38.4. The molecular formula is C19H30O6. The van der Waals surface area contributed by atoms with E-state index in [0.29, 0.717) is 44.8 Å². The predicted molar refractivity (Wildman–Crippen MR) is 90.0 cm³/mol. The second-order valence-electron chi connectivity index (χ2n) is 8.41. The summed E-state index contributed by atoms with van der Waals surface area (Å²) in [5.41, 5.74) is 0.132. The van der Waals surface area contributed by atoms with E-state index in [0.717, 1.165) is 6.42 Å². The lowest BCUT2D eigenvalue weighted by Gasteiger charge is -2.32. The van der Waals surface area contributed by atoms with E-state index < -0.39 is 5.97 Å². The molecule has 0 aromatic carbocycles. The standard InChI is InChI=1S/C19H30O6/c1-4-19(2,3)13-9-23-16-14(10-24-15(13)16)25-18(22)12-7-5-11(6-8-12)17(20)21/h11-16H,4-10H2,1-3H3,(H,20,21). The maximum Gasteiger partial charge on any atom is 0.309 e. The van der Waals surface area contributed by atoms with Crippen molar-refractivity contribution in [2.24, 2.45) is 23.2 Å². The third-order valence-corrected chi connectivity index (χ3v) is 6.60. The molecule has 142 valence electrons. The first-order chi connectivity index (χ1) is 11.8. The molecule has 2 aliphatic heterocycles. The Hall–Kier alpha value is -1.14. The predicted octanol–water partition coefficient (Wildman–Crippen LogP) is 2.64. The van der Waals surface area contributed by atoms with Crippen LogP contribution in [0.5, 0.6) is 0 Å². The Bertz CT molecular complexity index is 508. The summed E-state index contributed by atoms with van der Waals surface area (Å²) in [6, 6.07) is 0. The van der Waals surface area contributed by atoms with E-state index in [1.807, 2.05) is 0 Å². The van der Waals surface area contributed by atoms with Gasteiger partial charge in [-0.2, -0.15) is 0 Å². The molecule has 0 bridgehead atoms. The highest BCUT2D eigenvalue weighted by molar-refractivity contribution is 5.74. The van der Waals surface area contributed by atoms with Gasteiger partial charge in [0.1, 0.15) is 6.10 Å². The van der Waals surface area contributed by atoms with Gasteiger partial charge in [-0.05, 0) is 31.1 Å². The number of rotatable bonds is 5. The van der Waals surface area contributed by atoms with Crippen molar-refractivity contribution in [2.45, 2.75) is 71.2 Å². The van der Waals surface area contributed by atoms with Crippen LogP contribution in [0.1, 0.15) is 52.9 Å². The number of carboxylic acid groups (broad SMARTS) is 1. The maximum atomic E-state index is 12.5. The molecule has 0 aromatic heterocycles. The lowest BCUT2D eigenvalue weighted by atomic mass is 9.74. The summed E-state index contributed by atoms with van der Waals surface area (Å²) in [5.74, 6) is -1.18. The highest BCUT2D eigenvalue weighted by atomic mass is 16.6. The highest BCUT2D eigenvalue weighted by Gasteiger charge is 2.53. The molecule has 6 heteroatoms. The van der Waals surface area contributed by atoms with E-state index in [4.69, 9.17) is 19.3 Å². The average molecular weight is 354 g/mol. The van der Waals surface area contributed by atoms with E-state index in [9.17, 15) is 9.59 Å². The Morgan fingerprint density at radius 2 is 1.64 bits per heavy atom. The van der Waals surface area contributed by atoms with Gasteiger partial charge in [-0.3, -0.25) is 9.59 Å². The monoisotopic (exact) mass is 354 g/mol. The van der Waals surface area contributed by atoms with E-state index >= 15 is 0 Å². The summed E-state index contributed by atoms with van der Waals surface area (Å²) < 4.78 is 17.6. The summed E-state index contributed by atoms with van der Waals surface area (Å²) in [6.07, 6.45) is 2.80. The molecule has 6 nitrogen and oxygen atoms in total. The van der Waals surface area contributed by atoms with Crippen LogP contribution >= 0.6 is 0 Å². The highest BCUT2D eigenvalue weighted by Crippen LogP contribution is 2.44. The average Bonchev–Trinajstić information content (AvgIpc) is 3.18. The van der Waals surface area contributed by atoms with Gasteiger partial charge in [0.2, 0.25) is 0 Å².